The number of nitrogens with one attached hydrogen (secondary N) is 1. The summed E-state index contributed by atoms with van der Waals surface area (Å²) in [6, 6.07) is 14.6. The van der Waals surface area contributed by atoms with Gasteiger partial charge in [0, 0.05) is 36.5 Å². The molecule has 5 rings (SSSR count). The lowest BCUT2D eigenvalue weighted by molar-refractivity contribution is 0.0972. The smallest absolute Gasteiger partial charge is 0.243 e. The number of ketones is 1. The first kappa shape index (κ1) is 25.9. The van der Waals surface area contributed by atoms with Crippen molar-refractivity contribution in [3.63, 3.8) is 0 Å². The highest BCUT2D eigenvalue weighted by Crippen LogP contribution is 2.36. The Kier molecular flexibility index (Phi) is 7.69. The summed E-state index contributed by atoms with van der Waals surface area (Å²) < 4.78 is 37.6. The van der Waals surface area contributed by atoms with Gasteiger partial charge in [-0.2, -0.15) is 0 Å². The lowest BCUT2D eigenvalue weighted by atomic mass is 9.87. The van der Waals surface area contributed by atoms with Crippen molar-refractivity contribution in [3.8, 4) is 5.75 Å². The predicted molar refractivity (Wildman–Crippen MR) is 144 cm³/mol. The largest absolute Gasteiger partial charge is 0.484 e. The number of aromatic nitrogens is 2. The molecule has 2 aromatic heterocycles. The van der Waals surface area contributed by atoms with Crippen molar-refractivity contribution in [2.24, 2.45) is 0 Å². The van der Waals surface area contributed by atoms with Gasteiger partial charge in [-0.1, -0.05) is 53.5 Å². The maximum absolute atomic E-state index is 13.1. The van der Waals surface area contributed by atoms with Crippen LogP contribution in [0, 0.1) is 0 Å². The van der Waals surface area contributed by atoms with Gasteiger partial charge < -0.3 is 9.30 Å². The van der Waals surface area contributed by atoms with E-state index >= 15 is 0 Å². The normalized spacial score (nSPS) is 14.4. The number of nitrogens with zero attached hydrogens (tertiary/aromatic N) is 2. The molecule has 0 bridgehead atoms. The summed E-state index contributed by atoms with van der Waals surface area (Å²) >= 11 is 13.1. The molecule has 0 fully saturated rings. The van der Waals surface area contributed by atoms with Gasteiger partial charge in [-0.25, -0.2) is 18.1 Å². The van der Waals surface area contributed by atoms with Gasteiger partial charge in [0.15, 0.2) is 5.78 Å². The van der Waals surface area contributed by atoms with Crippen molar-refractivity contribution >= 4 is 50.3 Å². The van der Waals surface area contributed by atoms with E-state index in [2.05, 4.69) is 9.71 Å². The maximum Gasteiger partial charge on any atom is 0.243 e. The second-order valence-corrected chi connectivity index (χ2v) is 12.7. The third-order valence-corrected chi connectivity index (χ3v) is 9.40. The fraction of sp³-hybridized carbons (Fsp3) is 0.231. The van der Waals surface area contributed by atoms with Crippen LogP contribution in [0.5, 0.6) is 5.75 Å². The summed E-state index contributed by atoms with van der Waals surface area (Å²) in [4.78, 5) is 16.7. The van der Waals surface area contributed by atoms with Crippen LogP contribution in [-0.2, 0) is 29.5 Å². The van der Waals surface area contributed by atoms with Gasteiger partial charge in [0.25, 0.3) is 0 Å². The van der Waals surface area contributed by atoms with Gasteiger partial charge in [-0.3, -0.25) is 4.79 Å². The van der Waals surface area contributed by atoms with Crippen molar-refractivity contribution in [2.75, 3.05) is 0 Å². The van der Waals surface area contributed by atoms with Crippen LogP contribution in [-0.4, -0.2) is 23.8 Å². The molecule has 1 aliphatic rings. The number of imidazole rings is 1. The minimum atomic E-state index is -3.96. The van der Waals surface area contributed by atoms with Crippen molar-refractivity contribution < 1.29 is 17.9 Å². The molecule has 0 amide bonds. The Balaban J connectivity index is 1.51. The standard InChI is InChI=1S/C26H23Cl2N3O4S2/c27-25-13-24(26(28)36-25)37(33,34)30-14-20-18-7-4-8-21(32)19(18)9-10-22(20)35-23(15-31-12-11-29-16-31)17-5-2-1-3-6-17/h1-3,5-6,9-13,16,23,30H,4,7-8,14-15H2. The van der Waals surface area contributed by atoms with Crippen LogP contribution in [0.15, 0.2) is 72.1 Å². The van der Waals surface area contributed by atoms with Crippen LogP contribution in [0.25, 0.3) is 0 Å². The molecule has 0 spiro atoms. The summed E-state index contributed by atoms with van der Waals surface area (Å²) in [5.74, 6) is 0.558. The van der Waals surface area contributed by atoms with E-state index in [4.69, 9.17) is 27.9 Å². The molecular weight excluding hydrogens is 553 g/mol. The van der Waals surface area contributed by atoms with E-state index in [1.807, 2.05) is 41.1 Å². The summed E-state index contributed by atoms with van der Waals surface area (Å²) in [5, 5.41) is 0. The molecule has 2 aromatic carbocycles. The van der Waals surface area contributed by atoms with Crippen LogP contribution in [0.1, 0.15) is 46.0 Å². The van der Waals surface area contributed by atoms with Gasteiger partial charge >= 0.3 is 0 Å². The van der Waals surface area contributed by atoms with E-state index in [-0.39, 0.29) is 32.0 Å². The van der Waals surface area contributed by atoms with E-state index in [0.717, 1.165) is 22.5 Å². The molecular formula is C26H23Cl2N3O4S2. The zero-order valence-electron chi connectivity index (χ0n) is 19.6. The molecule has 0 saturated carbocycles. The van der Waals surface area contributed by atoms with Gasteiger partial charge in [0.2, 0.25) is 10.0 Å². The first-order valence-corrected chi connectivity index (χ1v) is 14.7. The molecule has 37 heavy (non-hydrogen) atoms. The van der Waals surface area contributed by atoms with Gasteiger partial charge in [0.05, 0.1) is 17.2 Å². The van der Waals surface area contributed by atoms with Crippen molar-refractivity contribution in [1.29, 1.82) is 0 Å². The van der Waals surface area contributed by atoms with Crippen molar-refractivity contribution in [1.82, 2.24) is 14.3 Å². The molecule has 1 N–H and O–H groups in total. The predicted octanol–water partition coefficient (Wildman–Crippen LogP) is 6.07. The minimum absolute atomic E-state index is 0.0441. The lowest BCUT2D eigenvalue weighted by Crippen LogP contribution is -2.26. The first-order valence-electron chi connectivity index (χ1n) is 11.6. The number of rotatable bonds is 9. The zero-order chi connectivity index (χ0) is 26.0. The van der Waals surface area contributed by atoms with Crippen LogP contribution in [0.3, 0.4) is 0 Å². The van der Waals surface area contributed by atoms with E-state index in [9.17, 15) is 13.2 Å². The molecule has 11 heteroatoms. The average molecular weight is 577 g/mol. The number of thiophene rings is 1. The van der Waals surface area contributed by atoms with Crippen LogP contribution in [0.2, 0.25) is 8.67 Å². The number of ether oxygens (including phenoxy) is 1. The fourth-order valence-corrected chi connectivity index (χ4v) is 7.60. The number of benzene rings is 2. The molecule has 0 saturated heterocycles. The monoisotopic (exact) mass is 575 g/mol. The molecule has 1 atom stereocenters. The van der Waals surface area contributed by atoms with Gasteiger partial charge in [-0.15, -0.1) is 11.3 Å². The Morgan fingerprint density at radius 1 is 1.14 bits per heavy atom. The Morgan fingerprint density at radius 3 is 2.65 bits per heavy atom. The zero-order valence-corrected chi connectivity index (χ0v) is 22.7. The fourth-order valence-electron chi connectivity index (χ4n) is 4.45. The topological polar surface area (TPSA) is 90.3 Å². The van der Waals surface area contributed by atoms with Crippen LogP contribution < -0.4 is 9.46 Å². The Bertz CT molecular complexity index is 1520. The Labute approximate surface area is 229 Å². The number of carbonyl (C=O) groups is 1. The number of hydrogen-bond donors (Lipinski definition) is 1. The van der Waals surface area contributed by atoms with Gasteiger partial charge in [-0.05, 0) is 42.2 Å². The molecule has 0 aliphatic heterocycles. The summed E-state index contributed by atoms with van der Waals surface area (Å²) in [6.07, 6.45) is 6.71. The van der Waals surface area contributed by atoms with Crippen LogP contribution >= 0.6 is 34.5 Å². The Hall–Kier alpha value is -2.69. The average Bonchev–Trinajstić information content (AvgIpc) is 3.52. The molecule has 7 nitrogen and oxygen atoms in total. The highest BCUT2D eigenvalue weighted by molar-refractivity contribution is 7.89. The van der Waals surface area contributed by atoms with E-state index < -0.39 is 10.0 Å². The highest BCUT2D eigenvalue weighted by atomic mass is 35.5. The molecule has 192 valence electrons. The number of Topliss-reactive ketones (excluding diaryl/α,β-unsaturated/α-hetero) is 1. The maximum atomic E-state index is 13.1. The van der Waals surface area contributed by atoms with Crippen molar-refractivity contribution in [3.05, 3.63) is 98.2 Å². The van der Waals surface area contributed by atoms with E-state index in [1.165, 1.54) is 6.07 Å². The molecule has 0 radical (unpaired) electrons. The van der Waals surface area contributed by atoms with E-state index in [0.29, 0.717) is 42.7 Å². The molecule has 4 aromatic rings. The second kappa shape index (κ2) is 11.0. The van der Waals surface area contributed by atoms with Crippen LogP contribution in [0.4, 0.5) is 0 Å². The lowest BCUT2D eigenvalue weighted by Gasteiger charge is -2.26. The second-order valence-electron chi connectivity index (χ2n) is 8.63. The quantitative estimate of drug-likeness (QED) is 0.261. The highest BCUT2D eigenvalue weighted by Gasteiger charge is 2.27. The third kappa shape index (κ3) is 5.76. The Morgan fingerprint density at radius 2 is 1.95 bits per heavy atom. The minimum Gasteiger partial charge on any atom is -0.484 e. The SMILES string of the molecule is O=C1CCCc2c1ccc(OC(Cn1ccnc1)c1ccccc1)c2CNS(=O)(=O)c1cc(Cl)sc1Cl. The third-order valence-electron chi connectivity index (χ3n) is 6.25. The molecule has 1 aliphatic carbocycles. The van der Waals surface area contributed by atoms with E-state index in [1.54, 1.807) is 24.7 Å². The van der Waals surface area contributed by atoms with Crippen molar-refractivity contribution in [2.45, 2.75) is 43.4 Å². The number of fused-ring (bicyclic) bond motifs is 1. The first-order chi connectivity index (χ1) is 17.8. The van der Waals surface area contributed by atoms with Gasteiger partial charge in [0.1, 0.15) is 21.1 Å². The molecule has 1 unspecified atom stereocenters. The number of sulfonamides is 1. The molecule has 2 heterocycles. The summed E-state index contributed by atoms with van der Waals surface area (Å²) in [7, 11) is -3.96. The summed E-state index contributed by atoms with van der Waals surface area (Å²) in [5.41, 5.74) is 3.00. The number of halogens is 2. The number of hydrogen-bond acceptors (Lipinski definition) is 6. The number of carbonyl (C=O) groups excluding carboxylic acids is 1. The summed E-state index contributed by atoms with van der Waals surface area (Å²) in [6.45, 7) is 0.429.